The molecular formula is C15H14BrClN2O2. The number of nitrogens with zero attached hydrogens (tertiary/aromatic N) is 1. The molecule has 0 aliphatic heterocycles. The lowest BCUT2D eigenvalue weighted by Crippen LogP contribution is -2.13. The minimum atomic E-state index is -0.297. The molecule has 0 saturated heterocycles. The molecule has 0 aliphatic carbocycles. The van der Waals surface area contributed by atoms with E-state index in [2.05, 4.69) is 26.2 Å². The van der Waals surface area contributed by atoms with Gasteiger partial charge in [-0.1, -0.05) is 24.6 Å². The van der Waals surface area contributed by atoms with Gasteiger partial charge in [-0.25, -0.2) is 4.98 Å². The van der Waals surface area contributed by atoms with Crippen molar-refractivity contribution < 1.29 is 9.53 Å². The monoisotopic (exact) mass is 368 g/mol. The van der Waals surface area contributed by atoms with Crippen LogP contribution in [-0.2, 0) is 0 Å². The molecule has 4 nitrogen and oxygen atoms in total. The highest BCUT2D eigenvalue weighted by Crippen LogP contribution is 2.28. The number of rotatable bonds is 5. The third-order valence-corrected chi connectivity index (χ3v) is 3.34. The van der Waals surface area contributed by atoms with E-state index >= 15 is 0 Å². The summed E-state index contributed by atoms with van der Waals surface area (Å²) in [6.45, 7) is 2.63. The molecule has 0 aliphatic rings. The Balaban J connectivity index is 2.09. The average molecular weight is 370 g/mol. The van der Waals surface area contributed by atoms with Crippen LogP contribution in [0.2, 0.25) is 5.02 Å². The average Bonchev–Trinajstić information content (AvgIpc) is 2.46. The lowest BCUT2D eigenvalue weighted by Gasteiger charge is -2.09. The SMILES string of the molecule is CCCOc1ccc(NC(=O)c2cccc(Br)n2)cc1Cl. The molecule has 2 rings (SSSR count). The van der Waals surface area contributed by atoms with Crippen LogP contribution >= 0.6 is 27.5 Å². The third-order valence-electron chi connectivity index (χ3n) is 2.60. The summed E-state index contributed by atoms with van der Waals surface area (Å²) in [4.78, 5) is 16.2. The van der Waals surface area contributed by atoms with Crippen molar-refractivity contribution in [1.29, 1.82) is 0 Å². The molecule has 0 bridgehead atoms. The van der Waals surface area contributed by atoms with E-state index in [9.17, 15) is 4.79 Å². The Kier molecular flexibility index (Phi) is 5.59. The Morgan fingerprint density at radius 2 is 2.19 bits per heavy atom. The van der Waals surface area contributed by atoms with Gasteiger partial charge in [0.1, 0.15) is 16.0 Å². The minimum Gasteiger partial charge on any atom is -0.492 e. The number of hydrogen-bond acceptors (Lipinski definition) is 3. The first kappa shape index (κ1) is 15.8. The van der Waals surface area contributed by atoms with Crippen LogP contribution in [0.3, 0.4) is 0 Å². The van der Waals surface area contributed by atoms with Gasteiger partial charge in [-0.15, -0.1) is 0 Å². The predicted octanol–water partition coefficient (Wildman–Crippen LogP) is 4.54. The number of aromatic nitrogens is 1. The Hall–Kier alpha value is -1.59. The van der Waals surface area contributed by atoms with E-state index in [4.69, 9.17) is 16.3 Å². The fourth-order valence-corrected chi connectivity index (χ4v) is 2.22. The van der Waals surface area contributed by atoms with Crippen LogP contribution in [0, 0.1) is 0 Å². The summed E-state index contributed by atoms with van der Waals surface area (Å²) in [5.74, 6) is 0.312. The number of halogens is 2. The van der Waals surface area contributed by atoms with Gasteiger partial charge in [0.05, 0.1) is 11.6 Å². The summed E-state index contributed by atoms with van der Waals surface area (Å²) in [6.07, 6.45) is 0.906. The number of benzene rings is 1. The molecule has 0 radical (unpaired) electrons. The van der Waals surface area contributed by atoms with Crippen molar-refractivity contribution in [2.24, 2.45) is 0 Å². The van der Waals surface area contributed by atoms with Gasteiger partial charge in [-0.2, -0.15) is 0 Å². The number of amides is 1. The normalized spacial score (nSPS) is 10.2. The van der Waals surface area contributed by atoms with Crippen molar-refractivity contribution in [2.45, 2.75) is 13.3 Å². The fourth-order valence-electron chi connectivity index (χ4n) is 1.64. The Bertz CT molecular complexity index is 649. The van der Waals surface area contributed by atoms with Crippen LogP contribution in [-0.4, -0.2) is 17.5 Å². The maximum absolute atomic E-state index is 12.1. The predicted molar refractivity (Wildman–Crippen MR) is 87.1 cm³/mol. The van der Waals surface area contributed by atoms with E-state index in [1.165, 1.54) is 0 Å². The number of carbonyl (C=O) groups is 1. The maximum atomic E-state index is 12.1. The highest BCUT2D eigenvalue weighted by Gasteiger charge is 2.09. The van der Waals surface area contributed by atoms with Crippen molar-refractivity contribution in [3.8, 4) is 5.75 Å². The molecule has 1 N–H and O–H groups in total. The van der Waals surface area contributed by atoms with Crippen LogP contribution in [0.5, 0.6) is 5.75 Å². The van der Waals surface area contributed by atoms with Gasteiger partial charge in [0, 0.05) is 5.69 Å². The molecule has 1 heterocycles. The molecule has 0 saturated carbocycles. The molecule has 21 heavy (non-hydrogen) atoms. The number of carbonyl (C=O) groups excluding carboxylic acids is 1. The van der Waals surface area contributed by atoms with Gasteiger partial charge in [-0.05, 0) is 52.7 Å². The molecule has 1 aromatic heterocycles. The van der Waals surface area contributed by atoms with Crippen LogP contribution in [0.15, 0.2) is 41.0 Å². The number of nitrogens with one attached hydrogen (secondary N) is 1. The molecule has 1 amide bonds. The lowest BCUT2D eigenvalue weighted by atomic mass is 10.2. The highest BCUT2D eigenvalue weighted by atomic mass is 79.9. The first-order valence-corrected chi connectivity index (χ1v) is 7.63. The summed E-state index contributed by atoms with van der Waals surface area (Å²) in [6, 6.07) is 10.3. The number of ether oxygens (including phenoxy) is 1. The van der Waals surface area contributed by atoms with Gasteiger partial charge in [-0.3, -0.25) is 4.79 Å². The fraction of sp³-hybridized carbons (Fsp3) is 0.200. The van der Waals surface area contributed by atoms with Crippen LogP contribution in [0.25, 0.3) is 0 Å². The van der Waals surface area contributed by atoms with E-state index in [0.29, 0.717) is 33.4 Å². The summed E-state index contributed by atoms with van der Waals surface area (Å²) < 4.78 is 6.09. The molecule has 2 aromatic rings. The number of hydrogen-bond donors (Lipinski definition) is 1. The topological polar surface area (TPSA) is 51.2 Å². The third kappa shape index (κ3) is 4.44. The summed E-state index contributed by atoms with van der Waals surface area (Å²) in [5.41, 5.74) is 0.919. The molecule has 0 atom stereocenters. The number of anilines is 1. The standard InChI is InChI=1S/C15H14BrClN2O2/c1-2-8-21-13-7-6-10(9-11(13)17)18-15(20)12-4-3-5-14(16)19-12/h3-7,9H,2,8H2,1H3,(H,18,20). The van der Waals surface area contributed by atoms with E-state index in [-0.39, 0.29) is 5.91 Å². The maximum Gasteiger partial charge on any atom is 0.274 e. The first-order valence-electron chi connectivity index (χ1n) is 6.46. The zero-order valence-electron chi connectivity index (χ0n) is 11.4. The summed E-state index contributed by atoms with van der Waals surface area (Å²) in [5, 5.41) is 3.21. The second-order valence-electron chi connectivity index (χ2n) is 4.29. The summed E-state index contributed by atoms with van der Waals surface area (Å²) in [7, 11) is 0. The molecule has 0 fully saturated rings. The van der Waals surface area contributed by atoms with Crippen molar-refractivity contribution in [2.75, 3.05) is 11.9 Å². The van der Waals surface area contributed by atoms with E-state index in [0.717, 1.165) is 6.42 Å². The molecular weight excluding hydrogens is 356 g/mol. The molecule has 0 unspecified atom stereocenters. The van der Waals surface area contributed by atoms with Crippen LogP contribution in [0.4, 0.5) is 5.69 Å². The molecule has 110 valence electrons. The largest absolute Gasteiger partial charge is 0.492 e. The van der Waals surface area contributed by atoms with E-state index in [1.807, 2.05) is 6.92 Å². The van der Waals surface area contributed by atoms with Gasteiger partial charge in [0.2, 0.25) is 0 Å². The minimum absolute atomic E-state index is 0.297. The second kappa shape index (κ2) is 7.43. The van der Waals surface area contributed by atoms with Crippen LogP contribution < -0.4 is 10.1 Å². The quantitative estimate of drug-likeness (QED) is 0.787. The van der Waals surface area contributed by atoms with Gasteiger partial charge < -0.3 is 10.1 Å². The zero-order valence-corrected chi connectivity index (χ0v) is 13.7. The first-order chi connectivity index (χ1) is 10.1. The molecule has 6 heteroatoms. The second-order valence-corrected chi connectivity index (χ2v) is 5.51. The Morgan fingerprint density at radius 1 is 1.38 bits per heavy atom. The van der Waals surface area contributed by atoms with E-state index in [1.54, 1.807) is 36.4 Å². The Morgan fingerprint density at radius 3 is 2.86 bits per heavy atom. The van der Waals surface area contributed by atoms with Crippen molar-refractivity contribution in [3.63, 3.8) is 0 Å². The van der Waals surface area contributed by atoms with E-state index < -0.39 is 0 Å². The highest BCUT2D eigenvalue weighted by molar-refractivity contribution is 9.10. The van der Waals surface area contributed by atoms with Crippen molar-refractivity contribution in [3.05, 3.63) is 51.7 Å². The zero-order chi connectivity index (χ0) is 15.2. The molecule has 1 aromatic carbocycles. The summed E-state index contributed by atoms with van der Waals surface area (Å²) >= 11 is 9.35. The van der Waals surface area contributed by atoms with Gasteiger partial charge in [0.15, 0.2) is 0 Å². The number of pyridine rings is 1. The van der Waals surface area contributed by atoms with Crippen molar-refractivity contribution >= 4 is 39.1 Å². The molecule has 0 spiro atoms. The van der Waals surface area contributed by atoms with Crippen molar-refractivity contribution in [1.82, 2.24) is 4.98 Å². The van der Waals surface area contributed by atoms with Gasteiger partial charge in [0.25, 0.3) is 5.91 Å². The Labute approximate surface area is 136 Å². The lowest BCUT2D eigenvalue weighted by molar-refractivity contribution is 0.102. The smallest absolute Gasteiger partial charge is 0.274 e. The van der Waals surface area contributed by atoms with Gasteiger partial charge >= 0.3 is 0 Å². The van der Waals surface area contributed by atoms with Crippen LogP contribution in [0.1, 0.15) is 23.8 Å².